The highest BCUT2D eigenvalue weighted by Gasteiger charge is 1.97. The molecule has 0 aliphatic rings. The Morgan fingerprint density at radius 2 is 1.69 bits per heavy atom. The van der Waals surface area contributed by atoms with Gasteiger partial charge in [-0.3, -0.25) is 4.79 Å². The molecule has 0 saturated heterocycles. The van der Waals surface area contributed by atoms with Crippen LogP contribution in [0.2, 0.25) is 0 Å². The summed E-state index contributed by atoms with van der Waals surface area (Å²) < 4.78 is 38.7. The highest BCUT2D eigenvalue weighted by atomic mass is 16.1. The van der Waals surface area contributed by atoms with Gasteiger partial charge in [0.25, 0.3) is 0 Å². The average molecular weight is 216 g/mol. The van der Waals surface area contributed by atoms with Gasteiger partial charge in [0.1, 0.15) is 0 Å². The summed E-state index contributed by atoms with van der Waals surface area (Å²) in [5.74, 6) is -0.203. The zero-order valence-corrected chi connectivity index (χ0v) is 8.72. The van der Waals surface area contributed by atoms with E-state index < -0.39 is 6.04 Å². The SMILES string of the molecule is [2H]c1c([2H])c([2H])c(-c2ccc(NC(C)=O)cc2)c([2H])c1[2H]. The Hall–Kier alpha value is -2.09. The molecule has 0 saturated carbocycles. The fourth-order valence-corrected chi connectivity index (χ4v) is 1.32. The van der Waals surface area contributed by atoms with Crippen molar-refractivity contribution < 1.29 is 11.6 Å². The topological polar surface area (TPSA) is 29.1 Å². The molecule has 0 fully saturated rings. The van der Waals surface area contributed by atoms with Gasteiger partial charge < -0.3 is 5.32 Å². The first-order chi connectivity index (χ1) is 9.82. The molecule has 0 aromatic heterocycles. The Bertz CT molecular complexity index is 683. The van der Waals surface area contributed by atoms with E-state index in [2.05, 4.69) is 5.32 Å². The molecule has 2 nitrogen and oxygen atoms in total. The molecule has 1 N–H and O–H groups in total. The third-order valence-electron chi connectivity index (χ3n) is 1.99. The first-order valence-corrected chi connectivity index (χ1v) is 4.78. The van der Waals surface area contributed by atoms with Crippen molar-refractivity contribution in [1.29, 1.82) is 0 Å². The molecule has 80 valence electrons. The highest BCUT2D eigenvalue weighted by Crippen LogP contribution is 2.20. The smallest absolute Gasteiger partial charge is 0.221 e. The van der Waals surface area contributed by atoms with Crippen LogP contribution in [0, 0.1) is 0 Å². The van der Waals surface area contributed by atoms with Crippen molar-refractivity contribution in [3.63, 3.8) is 0 Å². The van der Waals surface area contributed by atoms with Crippen LogP contribution >= 0.6 is 0 Å². The molecule has 0 spiro atoms. The van der Waals surface area contributed by atoms with Gasteiger partial charge in [-0.15, -0.1) is 0 Å². The first-order valence-electron chi connectivity index (χ1n) is 7.28. The number of nitrogens with one attached hydrogen (secondary N) is 1. The molecule has 16 heavy (non-hydrogen) atoms. The zero-order valence-electron chi connectivity index (χ0n) is 13.7. The maximum absolute atomic E-state index is 11.0. The fraction of sp³-hybridized carbons (Fsp3) is 0.0714. The largest absolute Gasteiger partial charge is 0.326 e. The quantitative estimate of drug-likeness (QED) is 0.819. The van der Waals surface area contributed by atoms with Crippen molar-refractivity contribution in [2.45, 2.75) is 6.92 Å². The van der Waals surface area contributed by atoms with E-state index in [1.54, 1.807) is 24.3 Å². The Morgan fingerprint density at radius 1 is 1.06 bits per heavy atom. The number of hydrogen-bond donors (Lipinski definition) is 1. The summed E-state index contributed by atoms with van der Waals surface area (Å²) in [5, 5.41) is 2.61. The van der Waals surface area contributed by atoms with Crippen molar-refractivity contribution >= 4 is 11.6 Å². The van der Waals surface area contributed by atoms with Crippen LogP contribution in [0.15, 0.2) is 54.5 Å². The van der Waals surface area contributed by atoms with E-state index in [4.69, 9.17) is 6.85 Å². The van der Waals surface area contributed by atoms with Crippen LogP contribution in [-0.4, -0.2) is 5.91 Å². The van der Waals surface area contributed by atoms with E-state index in [1.807, 2.05) is 0 Å². The van der Waals surface area contributed by atoms with Crippen molar-refractivity contribution in [3.05, 3.63) is 54.5 Å². The van der Waals surface area contributed by atoms with Gasteiger partial charge in [-0.25, -0.2) is 0 Å². The van der Waals surface area contributed by atoms with Crippen LogP contribution in [0.4, 0.5) is 5.69 Å². The summed E-state index contributed by atoms with van der Waals surface area (Å²) >= 11 is 0. The summed E-state index contributed by atoms with van der Waals surface area (Å²) in [7, 11) is 0. The molecule has 0 radical (unpaired) electrons. The van der Waals surface area contributed by atoms with Gasteiger partial charge in [0.2, 0.25) is 5.91 Å². The minimum atomic E-state index is -0.413. The molecular formula is C14H13NO. The van der Waals surface area contributed by atoms with Gasteiger partial charge in [0.15, 0.2) is 0 Å². The normalized spacial score (nSPS) is 14.2. The van der Waals surface area contributed by atoms with Crippen LogP contribution in [-0.2, 0) is 4.79 Å². The third-order valence-corrected chi connectivity index (χ3v) is 1.99. The number of anilines is 1. The van der Waals surface area contributed by atoms with Gasteiger partial charge in [0.05, 0.1) is 6.85 Å². The lowest BCUT2D eigenvalue weighted by Crippen LogP contribution is -2.05. The van der Waals surface area contributed by atoms with Gasteiger partial charge in [0, 0.05) is 12.6 Å². The second-order valence-corrected chi connectivity index (χ2v) is 3.26. The molecule has 2 aromatic rings. The molecule has 0 unspecified atom stereocenters. The lowest BCUT2D eigenvalue weighted by molar-refractivity contribution is -0.114. The van der Waals surface area contributed by atoms with Crippen LogP contribution in [0.25, 0.3) is 11.1 Å². The molecule has 2 rings (SSSR count). The van der Waals surface area contributed by atoms with E-state index in [1.165, 1.54) is 6.92 Å². The number of benzene rings is 2. The average Bonchev–Trinajstić information content (AvgIpc) is 2.44. The van der Waals surface area contributed by atoms with Crippen molar-refractivity contribution in [1.82, 2.24) is 0 Å². The summed E-state index contributed by atoms with van der Waals surface area (Å²) in [6.45, 7) is 1.39. The van der Waals surface area contributed by atoms with Crippen LogP contribution in [0.5, 0.6) is 0 Å². The molecule has 2 heteroatoms. The van der Waals surface area contributed by atoms with Gasteiger partial charge in [-0.05, 0) is 23.3 Å². The Kier molecular flexibility index (Phi) is 1.69. The van der Waals surface area contributed by atoms with E-state index in [-0.39, 0.29) is 35.6 Å². The standard InChI is InChI=1S/C14H13NO/c1-11(16)15-14-9-7-13(8-10-14)12-5-3-2-4-6-12/h2-10H,1H3,(H,15,16)/i2D,3D,4D,5D,6D. The van der Waals surface area contributed by atoms with E-state index in [9.17, 15) is 4.79 Å². The van der Waals surface area contributed by atoms with Crippen molar-refractivity contribution in [2.24, 2.45) is 0 Å². The predicted molar refractivity (Wildman–Crippen MR) is 66.2 cm³/mol. The predicted octanol–water partition coefficient (Wildman–Crippen LogP) is 3.31. The first kappa shape index (κ1) is 5.85. The number of amides is 1. The van der Waals surface area contributed by atoms with Gasteiger partial charge in [-0.2, -0.15) is 0 Å². The van der Waals surface area contributed by atoms with Crippen LogP contribution < -0.4 is 5.32 Å². The molecule has 0 aliphatic heterocycles. The minimum Gasteiger partial charge on any atom is -0.326 e. The Morgan fingerprint density at radius 3 is 2.25 bits per heavy atom. The maximum atomic E-state index is 11.0. The summed E-state index contributed by atoms with van der Waals surface area (Å²) in [6.07, 6.45) is 0. The molecule has 0 atom stereocenters. The molecule has 0 bridgehead atoms. The minimum absolute atomic E-state index is 0.148. The van der Waals surface area contributed by atoms with Crippen LogP contribution in [0.3, 0.4) is 0 Å². The monoisotopic (exact) mass is 216 g/mol. The molecule has 2 aromatic carbocycles. The van der Waals surface area contributed by atoms with Crippen LogP contribution in [0.1, 0.15) is 13.8 Å². The lowest BCUT2D eigenvalue weighted by Gasteiger charge is -2.04. The number of carbonyl (C=O) groups is 1. The lowest BCUT2D eigenvalue weighted by atomic mass is 10.1. The number of rotatable bonds is 2. The molecular weight excluding hydrogens is 198 g/mol. The number of hydrogen-bond acceptors (Lipinski definition) is 1. The molecule has 0 heterocycles. The summed E-state index contributed by atoms with van der Waals surface area (Å²) in [5.41, 5.74) is 1.23. The van der Waals surface area contributed by atoms with E-state index >= 15 is 0 Å². The van der Waals surface area contributed by atoms with Gasteiger partial charge >= 0.3 is 0 Å². The van der Waals surface area contributed by atoms with E-state index in [0.717, 1.165) is 0 Å². The van der Waals surface area contributed by atoms with E-state index in [0.29, 0.717) is 11.3 Å². The molecule has 1 amide bonds. The van der Waals surface area contributed by atoms with Gasteiger partial charge in [-0.1, -0.05) is 42.3 Å². The fourth-order valence-electron chi connectivity index (χ4n) is 1.32. The maximum Gasteiger partial charge on any atom is 0.221 e. The second kappa shape index (κ2) is 4.62. The second-order valence-electron chi connectivity index (χ2n) is 3.26. The Balaban J connectivity index is 2.54. The Labute approximate surface area is 102 Å². The highest BCUT2D eigenvalue weighted by molar-refractivity contribution is 5.88. The zero-order chi connectivity index (χ0) is 15.7. The third kappa shape index (κ3) is 2.48. The molecule has 0 aliphatic carbocycles. The van der Waals surface area contributed by atoms with Crippen molar-refractivity contribution in [2.75, 3.05) is 5.32 Å². The number of carbonyl (C=O) groups excluding carboxylic acids is 1. The van der Waals surface area contributed by atoms with Crippen molar-refractivity contribution in [3.8, 4) is 11.1 Å². The summed E-state index contributed by atoms with van der Waals surface area (Å²) in [6, 6.07) is 4.84. The summed E-state index contributed by atoms with van der Waals surface area (Å²) in [4.78, 5) is 11.0.